The maximum absolute atomic E-state index is 15.8. The van der Waals surface area contributed by atoms with Gasteiger partial charge in [-0.05, 0) is 112 Å². The van der Waals surface area contributed by atoms with E-state index in [0.29, 0.717) is 69.9 Å². The Morgan fingerprint density at radius 3 is 1.79 bits per heavy atom. The minimum Gasteiger partial charge on any atom is -0.394 e. The topological polar surface area (TPSA) is 641 Å². The smallest absolute Gasteiger partial charge is 0.246 e. The van der Waals surface area contributed by atoms with E-state index in [-0.39, 0.29) is 102 Å². The number of fused-ring (bicyclic) bond motifs is 4. The van der Waals surface area contributed by atoms with Crippen LogP contribution >= 0.6 is 11.8 Å². The first-order valence-corrected chi connectivity index (χ1v) is 47.4. The summed E-state index contributed by atoms with van der Waals surface area (Å²) in [5.41, 5.74) is 20.3. The number of carbonyl (C=O) groups is 17. The molecule has 15 amide bonds. The number of carbonyl (C=O) groups excluding carboxylic acids is 17. The lowest BCUT2D eigenvalue weighted by atomic mass is 9.88. The molecule has 0 aliphatic carbocycles. The second-order valence-electron chi connectivity index (χ2n) is 35.7. The Morgan fingerprint density at radius 2 is 1.18 bits per heavy atom. The SMILES string of the molecule is CCCC[C@H]1C(=O)N(C)[C@@H](CCCC)C(=O)N[C@@H](CCCNC(=N)N)C(=O)N[C@H](C(=O)NCC(N)=O)CSCC(=O)N[C@@H](Cc2ccc(C#N)cc2)C(=O)N(C)[C@@H](C)C(=O)N[C@@H](CC(N)=O)C(=O)N2CCC[C@H]2C(=O)N[C@@H](Cc2cnc[nH]2)C(=O)N[C@@H](CC(C)C)C(=O)N2C[C@H](O)C[C@H]2C(=O)C[C@@H](Cc2c[nH]c3ccccc23)C(=O)N[C@@H](CO)C(=O)C[C@@H](Cc2c[nH]c3ccccc23)C(=O)N1C. The van der Waals surface area contributed by atoms with Gasteiger partial charge in [0.05, 0.1) is 55.4 Å². The average molecular weight is 1920 g/mol. The molecule has 0 bridgehead atoms. The molecule has 0 unspecified atom stereocenters. The van der Waals surface area contributed by atoms with Crippen molar-refractivity contribution in [1.82, 2.24) is 92.3 Å². The number of nitrogens with one attached hydrogen (secondary N) is 13. The number of aliphatic hydroxyl groups excluding tert-OH is 2. The van der Waals surface area contributed by atoms with E-state index < -0.39 is 247 Å². The molecule has 21 N–H and O–H groups in total. The summed E-state index contributed by atoms with van der Waals surface area (Å²) in [7, 11) is 3.97. The van der Waals surface area contributed by atoms with Crippen molar-refractivity contribution >= 4 is 140 Å². The van der Waals surface area contributed by atoms with Crippen LogP contribution in [0.3, 0.4) is 0 Å². The van der Waals surface area contributed by atoms with Crippen LogP contribution in [0.1, 0.15) is 159 Å². The third-order valence-corrected chi connectivity index (χ3v) is 26.1. The first kappa shape index (κ1) is 107. The molecule has 42 nitrogen and oxygen atoms in total. The van der Waals surface area contributed by atoms with E-state index in [4.69, 9.17) is 22.6 Å². The number of unbranched alkanes of at least 4 members (excludes halogenated alkanes) is 2. The molecule has 3 saturated heterocycles. The predicted octanol–water partition coefficient (Wildman–Crippen LogP) is -0.582. The van der Waals surface area contributed by atoms with Crippen molar-refractivity contribution in [3.8, 4) is 6.07 Å². The van der Waals surface area contributed by atoms with E-state index in [2.05, 4.69) is 67.8 Å². The fraction of sp³-hybridized carbons (Fsp3) is 0.532. The Labute approximate surface area is 797 Å². The molecule has 6 aromatic rings. The van der Waals surface area contributed by atoms with Crippen LogP contribution in [0.15, 0.2) is 97.7 Å². The molecular formula is C94H129N23O19S. The number of H-pyrrole nitrogens is 3. The van der Waals surface area contributed by atoms with Crippen LogP contribution in [0.25, 0.3) is 21.8 Å². The van der Waals surface area contributed by atoms with Crippen molar-refractivity contribution < 1.29 is 91.7 Å². The molecule has 137 heavy (non-hydrogen) atoms. The zero-order chi connectivity index (χ0) is 100. The highest BCUT2D eigenvalue weighted by molar-refractivity contribution is 8.00. The van der Waals surface area contributed by atoms with Gasteiger partial charge in [-0.2, -0.15) is 5.26 Å². The zero-order valence-corrected chi connectivity index (χ0v) is 79.3. The number of hydrogen-bond acceptors (Lipinski definition) is 23. The number of nitrogens with zero attached hydrogens (tertiary/aromatic N) is 7. The van der Waals surface area contributed by atoms with Crippen LogP contribution in [0.4, 0.5) is 0 Å². The van der Waals surface area contributed by atoms with Crippen LogP contribution in [0, 0.1) is 34.5 Å². The van der Waals surface area contributed by atoms with E-state index in [1.165, 1.54) is 74.7 Å². The van der Waals surface area contributed by atoms with Gasteiger partial charge in [0.25, 0.3) is 0 Å². The Morgan fingerprint density at radius 1 is 0.591 bits per heavy atom. The van der Waals surface area contributed by atoms with Gasteiger partial charge < -0.3 is 115 Å². The lowest BCUT2D eigenvalue weighted by Crippen LogP contribution is -2.60. The Bertz CT molecular complexity index is 5350. The number of guanidine groups is 1. The van der Waals surface area contributed by atoms with E-state index in [9.17, 15) is 58.6 Å². The highest BCUT2D eigenvalue weighted by Crippen LogP contribution is 2.31. The first-order chi connectivity index (χ1) is 65.3. The summed E-state index contributed by atoms with van der Waals surface area (Å²) < 4.78 is 0. The second-order valence-corrected chi connectivity index (χ2v) is 36.8. The quantitative estimate of drug-likeness (QED) is 0.0183. The molecule has 3 fully saturated rings. The molecule has 0 radical (unpaired) electrons. The van der Waals surface area contributed by atoms with Crippen LogP contribution in [0.2, 0.25) is 0 Å². The summed E-state index contributed by atoms with van der Waals surface area (Å²) in [5, 5.41) is 65.5. The Kier molecular flexibility index (Phi) is 40.1. The average Bonchev–Trinajstić information content (AvgIpc) is 1.80. The van der Waals surface area contributed by atoms with Gasteiger partial charge in [0.2, 0.25) is 88.6 Å². The van der Waals surface area contributed by atoms with Crippen molar-refractivity contribution in [2.75, 3.05) is 65.4 Å². The number of imidazole rings is 1. The number of rotatable bonds is 26. The van der Waals surface area contributed by atoms with Gasteiger partial charge in [0.15, 0.2) is 17.5 Å². The third kappa shape index (κ3) is 29.9. The standard InChI is InChI=1S/C94H129N23O19S/c1-9-11-24-73-87(130)107-66(23-17-31-101-94(98)99)85(128)112-72(84(127)104-46-80(97)123)49-137-50-81(124)106-69(34-54-27-29-55(42-95)30-28-54)90(133)113(6)53(5)82(125)109-70(41-79(96)122)91(134)116-32-18-26-74(116)88(131)108-67(39-60-45-100-51-105-60)86(129)110-68(33-52(3)4)92(135)117-47-61(119)40-76(117)78(121)37-56(35-58-43-102-64-21-15-13-19-62(58)64)83(126)111-71(48-118)77(120)38-57(36-59-44-103-65-22-16-14-20-63(59)65)89(132)115(8)75(25-12-10-2)93(136)114(73)7/h13-16,19-22,27-30,43-45,51-53,56-57,61,66-76,102-103,118-119H,9-12,17-18,23-26,31-41,46-50H2,1-8H3,(H2,96,122)(H2,97,123)(H,100,105)(H,104,127)(H,106,124)(H,107,130)(H,108,131)(H,109,125)(H,110,129)(H,111,126)(H,112,128)(H4,98,99,101)/t53-,56+,57+,61+,66-,67-,68-,69-,70-,71-,72-,73-,74-,75-,76-/m0/s1. The monoisotopic (exact) mass is 1920 g/mol. The van der Waals surface area contributed by atoms with Gasteiger partial charge in [-0.25, -0.2) is 4.98 Å². The number of nitriles is 1. The summed E-state index contributed by atoms with van der Waals surface area (Å²) in [6, 6.07) is 4.03. The number of thioether (sulfide) groups is 1. The van der Waals surface area contributed by atoms with E-state index in [0.717, 1.165) is 26.5 Å². The van der Waals surface area contributed by atoms with Crippen LogP contribution in [0.5, 0.6) is 0 Å². The summed E-state index contributed by atoms with van der Waals surface area (Å²) in [6.45, 7) is 6.22. The molecular weight excluding hydrogens is 1790 g/mol. The Hall–Kier alpha value is -13.6. The number of primary amides is 2. The normalized spacial score (nSPS) is 24.6. The largest absolute Gasteiger partial charge is 0.394 e. The van der Waals surface area contributed by atoms with Gasteiger partial charge in [-0.15, -0.1) is 11.8 Å². The van der Waals surface area contributed by atoms with Crippen molar-refractivity contribution in [2.45, 2.75) is 235 Å². The lowest BCUT2D eigenvalue weighted by molar-refractivity contribution is -0.150. The lowest BCUT2D eigenvalue weighted by Gasteiger charge is -2.36. The van der Waals surface area contributed by atoms with E-state index in [1.807, 2.05) is 19.9 Å². The van der Waals surface area contributed by atoms with Crippen molar-refractivity contribution in [3.63, 3.8) is 0 Å². The number of hydrogen-bond donors (Lipinski definition) is 18. The fourth-order valence-corrected chi connectivity index (χ4v) is 18.3. The summed E-state index contributed by atoms with van der Waals surface area (Å²) >= 11 is 0.766. The molecule has 15 atom stereocenters. The van der Waals surface area contributed by atoms with Gasteiger partial charge in [0.1, 0.15) is 66.5 Å². The number of para-hydroxylation sites is 2. The van der Waals surface area contributed by atoms with E-state index in [1.54, 1.807) is 74.8 Å². The summed E-state index contributed by atoms with van der Waals surface area (Å²) in [6.07, 6.45) is 3.02. The van der Waals surface area contributed by atoms with E-state index >= 15 is 38.4 Å². The second kappa shape index (κ2) is 51.3. The maximum Gasteiger partial charge on any atom is 0.246 e. The number of amides is 15. The fourth-order valence-electron chi connectivity index (χ4n) is 17.4. The van der Waals surface area contributed by atoms with Gasteiger partial charge in [-0.3, -0.25) is 86.9 Å². The van der Waals surface area contributed by atoms with Gasteiger partial charge >= 0.3 is 0 Å². The zero-order valence-electron chi connectivity index (χ0n) is 78.5. The molecule has 0 saturated carbocycles. The van der Waals surface area contributed by atoms with Crippen LogP contribution in [-0.4, -0.2) is 305 Å². The minimum absolute atomic E-state index is 0.00682. The first-order valence-electron chi connectivity index (χ1n) is 46.3. The maximum atomic E-state index is 15.8. The molecule has 3 aromatic heterocycles. The molecule has 43 heteroatoms. The minimum atomic E-state index is -1.78. The predicted molar refractivity (Wildman–Crippen MR) is 505 cm³/mol. The molecule has 3 aliphatic rings. The molecule has 3 aliphatic heterocycles. The number of ketones is 2. The van der Waals surface area contributed by atoms with Crippen LogP contribution < -0.4 is 65.1 Å². The molecule has 3 aromatic carbocycles. The number of Topliss-reactive ketones (excluding diaryl/α,β-unsaturated/α-hetero) is 2. The Balaban J connectivity index is 1.11. The molecule has 0 spiro atoms. The van der Waals surface area contributed by atoms with Gasteiger partial charge in [0, 0.05) is 137 Å². The van der Waals surface area contributed by atoms with Crippen molar-refractivity contribution in [2.24, 2.45) is 35.0 Å². The molecule has 6 heterocycles. The number of nitrogens with two attached hydrogens (primary N) is 3. The number of aliphatic hydroxyl groups is 2. The number of likely N-dealkylation sites (N-methyl/N-ethyl adjacent to an activating group) is 3. The van der Waals surface area contributed by atoms with Gasteiger partial charge in [-0.1, -0.05) is 102 Å². The number of aromatic amines is 3. The highest BCUT2D eigenvalue weighted by atomic mass is 32.2. The number of aromatic nitrogens is 4. The van der Waals surface area contributed by atoms with Crippen molar-refractivity contribution in [1.29, 1.82) is 10.7 Å². The summed E-state index contributed by atoms with van der Waals surface area (Å²) in [4.78, 5) is 270. The molecule has 740 valence electrons. The summed E-state index contributed by atoms with van der Waals surface area (Å²) in [5.74, 6) is -19.6. The third-order valence-electron chi connectivity index (χ3n) is 25.1. The molecule has 9 rings (SSSR count). The highest BCUT2D eigenvalue weighted by Gasteiger charge is 2.47. The number of benzene rings is 3. The van der Waals surface area contributed by atoms with Crippen molar-refractivity contribution in [3.05, 3.63) is 126 Å². The van der Waals surface area contributed by atoms with Crippen LogP contribution in [-0.2, 0) is 107 Å².